The second-order valence-electron chi connectivity index (χ2n) is 6.91. The Morgan fingerprint density at radius 1 is 1.37 bits per heavy atom. The minimum Gasteiger partial charge on any atom is -0.459 e. The monoisotopic (exact) mass is 270 g/mol. The van der Waals surface area contributed by atoms with Crippen molar-refractivity contribution in [3.05, 3.63) is 0 Å². The van der Waals surface area contributed by atoms with E-state index in [0.29, 0.717) is 12.0 Å². The summed E-state index contributed by atoms with van der Waals surface area (Å²) in [4.78, 5) is 14.3. The maximum atomic E-state index is 11.8. The summed E-state index contributed by atoms with van der Waals surface area (Å²) in [6.45, 7) is 15.2. The zero-order valence-corrected chi connectivity index (χ0v) is 13.3. The second kappa shape index (κ2) is 6.71. The van der Waals surface area contributed by atoms with Crippen molar-refractivity contribution in [1.82, 2.24) is 10.2 Å². The third-order valence-electron chi connectivity index (χ3n) is 3.52. The molecule has 19 heavy (non-hydrogen) atoms. The third-order valence-corrected chi connectivity index (χ3v) is 3.52. The van der Waals surface area contributed by atoms with Gasteiger partial charge in [0.1, 0.15) is 11.6 Å². The summed E-state index contributed by atoms with van der Waals surface area (Å²) in [6, 6.07) is 0.389. The number of carbonyl (C=O) groups excluding carboxylic acids is 1. The number of hydrogen-bond acceptors (Lipinski definition) is 4. The molecule has 0 aromatic rings. The predicted octanol–water partition coefficient (Wildman–Crippen LogP) is 2.04. The standard InChI is InChI=1S/C15H30N2O2/c1-11(2)17-8-7-13(10-17)9-16-12(3)14(18)19-15(4,5)6/h11-13,16H,7-10H2,1-6H3. The highest BCUT2D eigenvalue weighted by atomic mass is 16.6. The third kappa shape index (κ3) is 5.91. The Labute approximate surface area is 117 Å². The summed E-state index contributed by atoms with van der Waals surface area (Å²) in [5.41, 5.74) is -0.408. The molecule has 0 bridgehead atoms. The van der Waals surface area contributed by atoms with Gasteiger partial charge in [-0.3, -0.25) is 4.79 Å². The molecule has 0 saturated carbocycles. The largest absolute Gasteiger partial charge is 0.459 e. The Morgan fingerprint density at radius 2 is 2.00 bits per heavy atom. The van der Waals surface area contributed by atoms with Gasteiger partial charge in [-0.1, -0.05) is 0 Å². The number of likely N-dealkylation sites (tertiary alicyclic amines) is 1. The first kappa shape index (κ1) is 16.4. The van der Waals surface area contributed by atoms with Crippen molar-refractivity contribution in [2.45, 2.75) is 65.6 Å². The molecule has 1 N–H and O–H groups in total. The fourth-order valence-electron chi connectivity index (χ4n) is 2.32. The smallest absolute Gasteiger partial charge is 0.323 e. The summed E-state index contributed by atoms with van der Waals surface area (Å²) in [6.07, 6.45) is 1.21. The number of esters is 1. The Morgan fingerprint density at radius 3 is 2.47 bits per heavy atom. The van der Waals surface area contributed by atoms with Gasteiger partial charge in [-0.05, 0) is 60.4 Å². The van der Waals surface area contributed by atoms with Crippen LogP contribution in [-0.2, 0) is 9.53 Å². The summed E-state index contributed by atoms with van der Waals surface area (Å²) in [7, 11) is 0. The molecule has 1 aliphatic heterocycles. The maximum Gasteiger partial charge on any atom is 0.323 e. The summed E-state index contributed by atoms with van der Waals surface area (Å²) < 4.78 is 5.36. The van der Waals surface area contributed by atoms with Crippen LogP contribution in [0.4, 0.5) is 0 Å². The molecule has 112 valence electrons. The van der Waals surface area contributed by atoms with Crippen LogP contribution in [0.5, 0.6) is 0 Å². The van der Waals surface area contributed by atoms with E-state index in [2.05, 4.69) is 24.1 Å². The van der Waals surface area contributed by atoms with E-state index in [4.69, 9.17) is 4.74 Å². The normalized spacial score (nSPS) is 22.8. The molecule has 0 spiro atoms. The Kier molecular flexibility index (Phi) is 5.81. The van der Waals surface area contributed by atoms with Gasteiger partial charge in [0.2, 0.25) is 0 Å². The number of rotatable bonds is 5. The predicted molar refractivity (Wildman–Crippen MR) is 78.1 cm³/mol. The van der Waals surface area contributed by atoms with E-state index in [-0.39, 0.29) is 12.0 Å². The molecule has 4 nitrogen and oxygen atoms in total. The lowest BCUT2D eigenvalue weighted by atomic mass is 10.1. The highest BCUT2D eigenvalue weighted by molar-refractivity contribution is 5.75. The first-order valence-electron chi connectivity index (χ1n) is 7.39. The highest BCUT2D eigenvalue weighted by Gasteiger charge is 2.26. The minimum absolute atomic E-state index is 0.161. The quantitative estimate of drug-likeness (QED) is 0.776. The molecular weight excluding hydrogens is 240 g/mol. The van der Waals surface area contributed by atoms with Crippen molar-refractivity contribution in [2.24, 2.45) is 5.92 Å². The number of nitrogens with zero attached hydrogens (tertiary/aromatic N) is 1. The molecule has 0 radical (unpaired) electrons. The van der Waals surface area contributed by atoms with E-state index < -0.39 is 5.60 Å². The van der Waals surface area contributed by atoms with Gasteiger partial charge in [-0.15, -0.1) is 0 Å². The van der Waals surface area contributed by atoms with Gasteiger partial charge < -0.3 is 15.0 Å². The molecule has 1 heterocycles. The first-order valence-corrected chi connectivity index (χ1v) is 7.39. The Bertz CT molecular complexity index is 297. The van der Waals surface area contributed by atoms with Crippen molar-refractivity contribution < 1.29 is 9.53 Å². The second-order valence-corrected chi connectivity index (χ2v) is 6.91. The van der Waals surface area contributed by atoms with E-state index >= 15 is 0 Å². The first-order chi connectivity index (χ1) is 8.69. The molecule has 0 amide bonds. The maximum absolute atomic E-state index is 11.8. The molecule has 1 rings (SSSR count). The molecule has 0 aromatic heterocycles. The average molecular weight is 270 g/mol. The molecule has 1 saturated heterocycles. The molecule has 0 aromatic carbocycles. The van der Waals surface area contributed by atoms with Crippen LogP contribution in [0.2, 0.25) is 0 Å². The van der Waals surface area contributed by atoms with Crippen LogP contribution < -0.4 is 5.32 Å². The number of ether oxygens (including phenoxy) is 1. The van der Waals surface area contributed by atoms with E-state index in [0.717, 1.165) is 13.1 Å². The lowest BCUT2D eigenvalue weighted by molar-refractivity contribution is -0.157. The van der Waals surface area contributed by atoms with Crippen molar-refractivity contribution in [3.8, 4) is 0 Å². The molecular formula is C15H30N2O2. The van der Waals surface area contributed by atoms with Crippen LogP contribution in [-0.4, -0.2) is 48.2 Å². The van der Waals surface area contributed by atoms with E-state index in [1.54, 1.807) is 0 Å². The molecule has 1 fully saturated rings. The lowest BCUT2D eigenvalue weighted by Crippen LogP contribution is -2.41. The molecule has 2 atom stereocenters. The summed E-state index contributed by atoms with van der Waals surface area (Å²) >= 11 is 0. The molecule has 2 unspecified atom stereocenters. The Balaban J connectivity index is 2.27. The zero-order chi connectivity index (χ0) is 14.6. The summed E-state index contributed by atoms with van der Waals surface area (Å²) in [5.74, 6) is 0.485. The fourth-order valence-corrected chi connectivity index (χ4v) is 2.32. The van der Waals surface area contributed by atoms with Crippen LogP contribution >= 0.6 is 0 Å². The van der Waals surface area contributed by atoms with Gasteiger partial charge in [0.15, 0.2) is 0 Å². The van der Waals surface area contributed by atoms with Gasteiger partial charge in [-0.2, -0.15) is 0 Å². The lowest BCUT2D eigenvalue weighted by Gasteiger charge is -2.24. The Hall–Kier alpha value is -0.610. The van der Waals surface area contributed by atoms with Crippen molar-refractivity contribution in [2.75, 3.05) is 19.6 Å². The molecule has 4 heteroatoms. The van der Waals surface area contributed by atoms with Crippen molar-refractivity contribution >= 4 is 5.97 Å². The number of carbonyl (C=O) groups is 1. The minimum atomic E-state index is -0.408. The average Bonchev–Trinajstić information content (AvgIpc) is 2.72. The van der Waals surface area contributed by atoms with Crippen LogP contribution in [0, 0.1) is 5.92 Å². The van der Waals surface area contributed by atoms with Crippen LogP contribution in [0.25, 0.3) is 0 Å². The topological polar surface area (TPSA) is 41.6 Å². The highest BCUT2D eigenvalue weighted by Crippen LogP contribution is 2.18. The van der Waals surface area contributed by atoms with Crippen molar-refractivity contribution in [3.63, 3.8) is 0 Å². The van der Waals surface area contributed by atoms with Crippen molar-refractivity contribution in [1.29, 1.82) is 0 Å². The number of hydrogen-bond donors (Lipinski definition) is 1. The van der Waals surface area contributed by atoms with E-state index in [9.17, 15) is 4.79 Å². The molecule has 1 aliphatic rings. The van der Waals surface area contributed by atoms with E-state index in [1.807, 2.05) is 27.7 Å². The van der Waals surface area contributed by atoms with Crippen LogP contribution in [0.15, 0.2) is 0 Å². The van der Waals surface area contributed by atoms with Gasteiger partial charge >= 0.3 is 5.97 Å². The van der Waals surface area contributed by atoms with Gasteiger partial charge in [0.05, 0.1) is 0 Å². The van der Waals surface area contributed by atoms with E-state index in [1.165, 1.54) is 13.0 Å². The SMILES string of the molecule is CC(NCC1CCN(C(C)C)C1)C(=O)OC(C)(C)C. The van der Waals surface area contributed by atoms with Crippen LogP contribution in [0.1, 0.15) is 48.0 Å². The molecule has 0 aliphatic carbocycles. The summed E-state index contributed by atoms with van der Waals surface area (Å²) in [5, 5.41) is 3.31. The van der Waals surface area contributed by atoms with Crippen LogP contribution in [0.3, 0.4) is 0 Å². The van der Waals surface area contributed by atoms with Gasteiger partial charge in [-0.25, -0.2) is 0 Å². The van der Waals surface area contributed by atoms with Gasteiger partial charge in [0, 0.05) is 19.1 Å². The number of nitrogens with one attached hydrogen (secondary N) is 1. The fraction of sp³-hybridized carbons (Fsp3) is 0.933. The zero-order valence-electron chi connectivity index (χ0n) is 13.3. The van der Waals surface area contributed by atoms with Gasteiger partial charge in [0.25, 0.3) is 0 Å².